The highest BCUT2D eigenvalue weighted by Crippen LogP contribution is 2.25. The Hall–Kier alpha value is -1.75. The molecule has 0 radical (unpaired) electrons. The first-order valence-electron chi connectivity index (χ1n) is 8.66. The monoisotopic (exact) mass is 427 g/mol. The number of aromatic nitrogens is 2. The molecule has 0 fully saturated rings. The predicted molar refractivity (Wildman–Crippen MR) is 109 cm³/mol. The van der Waals surface area contributed by atoms with Crippen LogP contribution in [0.2, 0.25) is 5.02 Å². The second kappa shape index (κ2) is 7.47. The van der Waals surface area contributed by atoms with Crippen LogP contribution in [0.25, 0.3) is 11.4 Å². The number of nitrogens with zero attached hydrogens (tertiary/aromatic N) is 3. The van der Waals surface area contributed by atoms with E-state index in [-0.39, 0.29) is 0 Å². The number of hydrogen-bond donors (Lipinski definition) is 0. The molecule has 0 atom stereocenters. The van der Waals surface area contributed by atoms with Crippen LogP contribution in [0.1, 0.15) is 22.4 Å². The van der Waals surface area contributed by atoms with E-state index >= 15 is 0 Å². The molecule has 1 aliphatic heterocycles. The van der Waals surface area contributed by atoms with E-state index in [2.05, 4.69) is 50.9 Å². The Labute approximate surface area is 167 Å². The minimum absolute atomic E-state index is 0.726. The number of aryl methyl sites for hydroxylation is 1. The van der Waals surface area contributed by atoms with Crippen LogP contribution >= 0.6 is 27.5 Å². The number of benzene rings is 2. The van der Waals surface area contributed by atoms with Crippen molar-refractivity contribution in [2.45, 2.75) is 26.4 Å². The van der Waals surface area contributed by atoms with Gasteiger partial charge in [0.1, 0.15) is 0 Å². The van der Waals surface area contributed by atoms with Gasteiger partial charge in [-0.15, -0.1) is 0 Å². The molecule has 0 spiro atoms. The van der Waals surface area contributed by atoms with E-state index in [1.54, 1.807) is 0 Å². The third-order valence-electron chi connectivity index (χ3n) is 4.72. The number of hydrogen-bond acceptors (Lipinski definition) is 3. The van der Waals surface area contributed by atoms with Crippen LogP contribution < -0.4 is 0 Å². The van der Waals surface area contributed by atoms with Gasteiger partial charge >= 0.3 is 0 Å². The summed E-state index contributed by atoms with van der Waals surface area (Å²) in [7, 11) is 0. The minimum Gasteiger partial charge on any atom is -0.294 e. The Morgan fingerprint density at radius 3 is 2.73 bits per heavy atom. The van der Waals surface area contributed by atoms with E-state index in [0.29, 0.717) is 0 Å². The van der Waals surface area contributed by atoms with Gasteiger partial charge in [-0.2, -0.15) is 0 Å². The van der Waals surface area contributed by atoms with Crippen molar-refractivity contribution in [3.8, 4) is 11.4 Å². The van der Waals surface area contributed by atoms with Gasteiger partial charge in [0.25, 0.3) is 0 Å². The highest BCUT2D eigenvalue weighted by Gasteiger charge is 2.19. The summed E-state index contributed by atoms with van der Waals surface area (Å²) in [4.78, 5) is 11.8. The highest BCUT2D eigenvalue weighted by atomic mass is 79.9. The summed E-state index contributed by atoms with van der Waals surface area (Å²) >= 11 is 9.65. The zero-order valence-electron chi connectivity index (χ0n) is 14.5. The molecular formula is C21H19BrClN3. The third kappa shape index (κ3) is 3.83. The van der Waals surface area contributed by atoms with Crippen molar-refractivity contribution in [2.75, 3.05) is 6.54 Å². The van der Waals surface area contributed by atoms with Crippen LogP contribution in [0, 0.1) is 6.92 Å². The number of fused-ring (bicyclic) bond motifs is 1. The Balaban J connectivity index is 1.51. The van der Waals surface area contributed by atoms with E-state index in [4.69, 9.17) is 16.6 Å². The average molecular weight is 429 g/mol. The fraction of sp³-hybridized carbons (Fsp3) is 0.238. The second-order valence-corrected chi connectivity index (χ2v) is 8.02. The second-order valence-electron chi connectivity index (χ2n) is 6.73. The average Bonchev–Trinajstić information content (AvgIpc) is 2.64. The standard InChI is InChI=1S/C21H19BrClN3/c1-14-2-3-16(19(22)10-14)12-26-9-8-20-17(13-26)11-24-21(25-20)15-4-6-18(23)7-5-15/h2-7,10-11H,8-9,12-13H2,1H3. The molecule has 132 valence electrons. The number of rotatable bonds is 3. The fourth-order valence-electron chi connectivity index (χ4n) is 3.27. The van der Waals surface area contributed by atoms with Gasteiger partial charge in [-0.05, 0) is 48.4 Å². The molecular weight excluding hydrogens is 410 g/mol. The first-order chi connectivity index (χ1) is 12.6. The summed E-state index contributed by atoms with van der Waals surface area (Å²) in [5, 5.41) is 0.726. The zero-order valence-corrected chi connectivity index (χ0v) is 16.9. The van der Waals surface area contributed by atoms with Crippen molar-refractivity contribution in [3.05, 3.63) is 80.5 Å². The molecule has 0 amide bonds. The quantitative estimate of drug-likeness (QED) is 0.557. The van der Waals surface area contributed by atoms with Gasteiger partial charge in [0.15, 0.2) is 5.82 Å². The Morgan fingerprint density at radius 1 is 1.15 bits per heavy atom. The lowest BCUT2D eigenvalue weighted by Crippen LogP contribution is -2.31. The molecule has 2 heterocycles. The Kier molecular flexibility index (Phi) is 5.07. The minimum atomic E-state index is 0.726. The van der Waals surface area contributed by atoms with E-state index in [0.717, 1.165) is 48.2 Å². The summed E-state index contributed by atoms with van der Waals surface area (Å²) < 4.78 is 1.18. The predicted octanol–water partition coefficient (Wildman–Crippen LogP) is 5.43. The summed E-state index contributed by atoms with van der Waals surface area (Å²) in [6.07, 6.45) is 2.92. The van der Waals surface area contributed by atoms with E-state index < -0.39 is 0 Å². The number of halogens is 2. The van der Waals surface area contributed by atoms with Crippen molar-refractivity contribution >= 4 is 27.5 Å². The van der Waals surface area contributed by atoms with Crippen LogP contribution in [0.4, 0.5) is 0 Å². The van der Waals surface area contributed by atoms with Crippen molar-refractivity contribution in [2.24, 2.45) is 0 Å². The highest BCUT2D eigenvalue weighted by molar-refractivity contribution is 9.10. The summed E-state index contributed by atoms with van der Waals surface area (Å²) in [6, 6.07) is 14.2. The maximum Gasteiger partial charge on any atom is 0.159 e. The van der Waals surface area contributed by atoms with Gasteiger partial charge in [0.2, 0.25) is 0 Å². The third-order valence-corrected chi connectivity index (χ3v) is 5.71. The van der Waals surface area contributed by atoms with Gasteiger partial charge in [-0.3, -0.25) is 4.90 Å². The largest absolute Gasteiger partial charge is 0.294 e. The lowest BCUT2D eigenvalue weighted by molar-refractivity contribution is 0.242. The van der Waals surface area contributed by atoms with E-state index in [1.807, 2.05) is 30.5 Å². The van der Waals surface area contributed by atoms with Crippen LogP contribution in [-0.4, -0.2) is 21.4 Å². The molecule has 3 aromatic rings. The SMILES string of the molecule is Cc1ccc(CN2CCc3nc(-c4ccc(Cl)cc4)ncc3C2)c(Br)c1. The summed E-state index contributed by atoms with van der Waals surface area (Å²) in [5.41, 5.74) is 5.97. The molecule has 0 bridgehead atoms. The van der Waals surface area contributed by atoms with Gasteiger partial charge < -0.3 is 0 Å². The van der Waals surface area contributed by atoms with Crippen LogP contribution in [0.5, 0.6) is 0 Å². The Morgan fingerprint density at radius 2 is 1.96 bits per heavy atom. The molecule has 2 aromatic carbocycles. The van der Waals surface area contributed by atoms with Crippen LogP contribution in [0.15, 0.2) is 53.1 Å². The lowest BCUT2D eigenvalue weighted by Gasteiger charge is -2.28. The van der Waals surface area contributed by atoms with Crippen molar-refractivity contribution < 1.29 is 0 Å². The molecule has 0 unspecified atom stereocenters. The van der Waals surface area contributed by atoms with Crippen LogP contribution in [0.3, 0.4) is 0 Å². The Bertz CT molecular complexity index is 940. The smallest absolute Gasteiger partial charge is 0.159 e. The lowest BCUT2D eigenvalue weighted by atomic mass is 10.1. The molecule has 26 heavy (non-hydrogen) atoms. The maximum atomic E-state index is 5.97. The first-order valence-corrected chi connectivity index (χ1v) is 9.84. The molecule has 1 aliphatic rings. The van der Waals surface area contributed by atoms with Crippen molar-refractivity contribution in [3.63, 3.8) is 0 Å². The zero-order chi connectivity index (χ0) is 18.1. The molecule has 5 heteroatoms. The van der Waals surface area contributed by atoms with Gasteiger partial charge in [-0.25, -0.2) is 9.97 Å². The van der Waals surface area contributed by atoms with Gasteiger partial charge in [0, 0.05) is 52.9 Å². The molecule has 4 rings (SSSR count). The molecule has 0 N–H and O–H groups in total. The molecule has 1 aromatic heterocycles. The van der Waals surface area contributed by atoms with Gasteiger partial charge in [0.05, 0.1) is 5.69 Å². The first kappa shape index (κ1) is 17.7. The normalized spacial score (nSPS) is 14.3. The van der Waals surface area contributed by atoms with E-state index in [9.17, 15) is 0 Å². The van der Waals surface area contributed by atoms with Gasteiger partial charge in [-0.1, -0.05) is 39.7 Å². The summed E-state index contributed by atoms with van der Waals surface area (Å²) in [6.45, 7) is 4.93. The van der Waals surface area contributed by atoms with Crippen molar-refractivity contribution in [1.82, 2.24) is 14.9 Å². The van der Waals surface area contributed by atoms with Crippen molar-refractivity contribution in [1.29, 1.82) is 0 Å². The molecule has 0 saturated heterocycles. The topological polar surface area (TPSA) is 29.0 Å². The van der Waals surface area contributed by atoms with Crippen LogP contribution in [-0.2, 0) is 19.5 Å². The van der Waals surface area contributed by atoms with E-state index in [1.165, 1.54) is 21.2 Å². The summed E-state index contributed by atoms with van der Waals surface area (Å²) in [5.74, 6) is 0.773. The molecule has 0 saturated carbocycles. The molecule has 0 aliphatic carbocycles. The molecule has 3 nitrogen and oxygen atoms in total. The maximum absolute atomic E-state index is 5.97. The fourth-order valence-corrected chi connectivity index (χ4v) is 4.01.